The molecular weight excluding hydrogens is 324 g/mol. The molecule has 2 N–H and O–H groups in total. The van der Waals surface area contributed by atoms with Crippen molar-refractivity contribution in [3.63, 3.8) is 0 Å². The van der Waals surface area contributed by atoms with Crippen LogP contribution < -0.4 is 15.5 Å². The molecule has 0 aliphatic heterocycles. The fourth-order valence-corrected chi connectivity index (χ4v) is 2.83. The standard InChI is InChI=1S/C20H32N6/c1-6-26(7-2)18-11-9-17(10-12-18)24-20-15-19(22-16(3)23-20)21-13-8-14-25(4)5/h9-12,15H,6-8,13-14H2,1-5H3,(H2,21,22,23,24). The molecule has 0 aliphatic rings. The summed E-state index contributed by atoms with van der Waals surface area (Å²) in [6.45, 7) is 10.2. The zero-order valence-corrected chi connectivity index (χ0v) is 16.7. The first-order chi connectivity index (χ1) is 12.5. The van der Waals surface area contributed by atoms with E-state index in [-0.39, 0.29) is 0 Å². The van der Waals surface area contributed by atoms with Crippen molar-refractivity contribution in [1.82, 2.24) is 14.9 Å². The highest BCUT2D eigenvalue weighted by Gasteiger charge is 2.05. The van der Waals surface area contributed by atoms with Gasteiger partial charge < -0.3 is 20.4 Å². The Morgan fingerprint density at radius 3 is 2.23 bits per heavy atom. The molecule has 0 aliphatic carbocycles. The van der Waals surface area contributed by atoms with Crippen LogP contribution in [-0.2, 0) is 0 Å². The third-order valence-electron chi connectivity index (χ3n) is 4.19. The average Bonchev–Trinajstić information content (AvgIpc) is 2.61. The first kappa shape index (κ1) is 20.0. The predicted octanol–water partition coefficient (Wildman–Crippen LogP) is 3.74. The number of rotatable bonds is 10. The van der Waals surface area contributed by atoms with Crippen LogP contribution in [0.25, 0.3) is 0 Å². The highest BCUT2D eigenvalue weighted by Crippen LogP contribution is 2.21. The van der Waals surface area contributed by atoms with Crippen LogP contribution in [0.5, 0.6) is 0 Å². The molecule has 0 radical (unpaired) electrons. The molecule has 2 rings (SSSR count). The van der Waals surface area contributed by atoms with Crippen molar-refractivity contribution in [2.24, 2.45) is 0 Å². The normalized spacial score (nSPS) is 10.8. The minimum absolute atomic E-state index is 0.755. The van der Waals surface area contributed by atoms with Crippen molar-refractivity contribution in [2.45, 2.75) is 27.2 Å². The number of nitrogens with one attached hydrogen (secondary N) is 2. The van der Waals surface area contributed by atoms with E-state index < -0.39 is 0 Å². The lowest BCUT2D eigenvalue weighted by atomic mass is 10.2. The van der Waals surface area contributed by atoms with Crippen molar-refractivity contribution >= 4 is 23.0 Å². The van der Waals surface area contributed by atoms with E-state index >= 15 is 0 Å². The van der Waals surface area contributed by atoms with Gasteiger partial charge in [-0.1, -0.05) is 0 Å². The van der Waals surface area contributed by atoms with Gasteiger partial charge >= 0.3 is 0 Å². The Morgan fingerprint density at radius 2 is 1.62 bits per heavy atom. The zero-order chi connectivity index (χ0) is 18.9. The van der Waals surface area contributed by atoms with E-state index in [1.807, 2.05) is 13.0 Å². The van der Waals surface area contributed by atoms with Crippen LogP contribution in [0.15, 0.2) is 30.3 Å². The summed E-state index contributed by atoms with van der Waals surface area (Å²) in [5.74, 6) is 2.42. The van der Waals surface area contributed by atoms with Crippen molar-refractivity contribution < 1.29 is 0 Å². The summed E-state index contributed by atoms with van der Waals surface area (Å²) < 4.78 is 0. The van der Waals surface area contributed by atoms with Crippen LogP contribution in [0.4, 0.5) is 23.0 Å². The van der Waals surface area contributed by atoms with Crippen LogP contribution in [0.3, 0.4) is 0 Å². The Balaban J connectivity index is 2.00. The Morgan fingerprint density at radius 1 is 0.962 bits per heavy atom. The number of benzene rings is 1. The van der Waals surface area contributed by atoms with E-state index in [0.717, 1.165) is 55.7 Å². The van der Waals surface area contributed by atoms with Gasteiger partial charge in [-0.3, -0.25) is 0 Å². The molecule has 6 heteroatoms. The maximum Gasteiger partial charge on any atom is 0.136 e. The highest BCUT2D eigenvalue weighted by atomic mass is 15.1. The van der Waals surface area contributed by atoms with Crippen molar-refractivity contribution in [3.8, 4) is 0 Å². The van der Waals surface area contributed by atoms with Gasteiger partial charge in [-0.2, -0.15) is 0 Å². The smallest absolute Gasteiger partial charge is 0.136 e. The van der Waals surface area contributed by atoms with E-state index in [9.17, 15) is 0 Å². The monoisotopic (exact) mass is 356 g/mol. The van der Waals surface area contributed by atoms with Gasteiger partial charge in [-0.05, 0) is 72.1 Å². The Bertz CT molecular complexity index is 665. The number of aryl methyl sites for hydroxylation is 1. The summed E-state index contributed by atoms with van der Waals surface area (Å²) in [6.07, 6.45) is 1.08. The predicted molar refractivity (Wildman–Crippen MR) is 112 cm³/mol. The van der Waals surface area contributed by atoms with Crippen molar-refractivity contribution in [3.05, 3.63) is 36.2 Å². The molecule has 0 amide bonds. The molecule has 6 nitrogen and oxygen atoms in total. The van der Waals surface area contributed by atoms with Gasteiger partial charge in [-0.25, -0.2) is 9.97 Å². The lowest BCUT2D eigenvalue weighted by molar-refractivity contribution is 0.405. The summed E-state index contributed by atoms with van der Waals surface area (Å²) in [6, 6.07) is 10.4. The second kappa shape index (κ2) is 9.97. The Kier molecular flexibility index (Phi) is 7.66. The van der Waals surface area contributed by atoms with Gasteiger partial charge in [0.05, 0.1) is 0 Å². The molecule has 0 fully saturated rings. The van der Waals surface area contributed by atoms with Gasteiger partial charge in [0.15, 0.2) is 0 Å². The van der Waals surface area contributed by atoms with Crippen molar-refractivity contribution in [2.75, 3.05) is 55.8 Å². The molecule has 1 heterocycles. The second-order valence-corrected chi connectivity index (χ2v) is 6.61. The topological polar surface area (TPSA) is 56.3 Å². The van der Waals surface area contributed by atoms with Gasteiger partial charge in [0.25, 0.3) is 0 Å². The third-order valence-corrected chi connectivity index (χ3v) is 4.19. The van der Waals surface area contributed by atoms with E-state index in [4.69, 9.17) is 0 Å². The number of hydrogen-bond donors (Lipinski definition) is 2. The SMILES string of the molecule is CCN(CC)c1ccc(Nc2cc(NCCCN(C)C)nc(C)n2)cc1. The zero-order valence-electron chi connectivity index (χ0n) is 16.7. The molecule has 2 aromatic rings. The molecule has 142 valence electrons. The van der Waals surface area contributed by atoms with Crippen LogP contribution in [0, 0.1) is 6.92 Å². The lowest BCUT2D eigenvalue weighted by Crippen LogP contribution is -2.21. The minimum Gasteiger partial charge on any atom is -0.372 e. The van der Waals surface area contributed by atoms with Crippen LogP contribution in [0.1, 0.15) is 26.1 Å². The summed E-state index contributed by atoms with van der Waals surface area (Å²) in [5.41, 5.74) is 2.26. The van der Waals surface area contributed by atoms with Crippen LogP contribution >= 0.6 is 0 Å². The van der Waals surface area contributed by atoms with E-state index in [1.54, 1.807) is 0 Å². The minimum atomic E-state index is 0.755. The molecule has 0 saturated carbocycles. The highest BCUT2D eigenvalue weighted by molar-refractivity contribution is 5.62. The first-order valence-electron chi connectivity index (χ1n) is 9.38. The fraction of sp³-hybridized carbons (Fsp3) is 0.500. The molecule has 1 aromatic heterocycles. The second-order valence-electron chi connectivity index (χ2n) is 6.61. The summed E-state index contributed by atoms with van der Waals surface area (Å²) in [7, 11) is 4.17. The molecule has 0 spiro atoms. The quantitative estimate of drug-likeness (QED) is 0.633. The summed E-state index contributed by atoms with van der Waals surface area (Å²) >= 11 is 0. The van der Waals surface area contributed by atoms with Gasteiger partial charge in [-0.15, -0.1) is 0 Å². The largest absolute Gasteiger partial charge is 0.372 e. The van der Waals surface area contributed by atoms with Crippen LogP contribution in [-0.4, -0.2) is 55.1 Å². The number of hydrogen-bond acceptors (Lipinski definition) is 6. The molecule has 1 aromatic carbocycles. The molecule has 0 bridgehead atoms. The maximum absolute atomic E-state index is 4.49. The number of aromatic nitrogens is 2. The number of anilines is 4. The van der Waals surface area contributed by atoms with Gasteiger partial charge in [0, 0.05) is 37.1 Å². The fourth-order valence-electron chi connectivity index (χ4n) is 2.83. The summed E-state index contributed by atoms with van der Waals surface area (Å²) in [4.78, 5) is 13.5. The third kappa shape index (κ3) is 6.19. The maximum atomic E-state index is 4.49. The molecule has 26 heavy (non-hydrogen) atoms. The van der Waals surface area contributed by atoms with E-state index in [1.165, 1.54) is 5.69 Å². The van der Waals surface area contributed by atoms with Crippen molar-refractivity contribution in [1.29, 1.82) is 0 Å². The number of nitrogens with zero attached hydrogens (tertiary/aromatic N) is 4. The van der Waals surface area contributed by atoms with Crippen LogP contribution in [0.2, 0.25) is 0 Å². The Labute approximate surface area is 157 Å². The molecular formula is C20H32N6. The Hall–Kier alpha value is -2.34. The van der Waals surface area contributed by atoms with Gasteiger partial charge in [0.2, 0.25) is 0 Å². The molecule has 0 atom stereocenters. The van der Waals surface area contributed by atoms with E-state index in [2.05, 4.69) is 82.6 Å². The first-order valence-corrected chi connectivity index (χ1v) is 9.38. The molecule has 0 saturated heterocycles. The lowest BCUT2D eigenvalue weighted by Gasteiger charge is -2.21. The molecule has 0 unspecified atom stereocenters. The summed E-state index contributed by atoms with van der Waals surface area (Å²) in [5, 5.41) is 6.76. The van der Waals surface area contributed by atoms with Gasteiger partial charge in [0.1, 0.15) is 17.5 Å². The van der Waals surface area contributed by atoms with E-state index in [0.29, 0.717) is 0 Å². The average molecular weight is 357 g/mol.